The van der Waals surface area contributed by atoms with E-state index in [1.807, 2.05) is 13.1 Å². The molecular weight excluding hydrogens is 297 g/mol. The van der Waals surface area contributed by atoms with Crippen molar-refractivity contribution in [2.45, 2.75) is 19.4 Å². The van der Waals surface area contributed by atoms with Gasteiger partial charge in [0.25, 0.3) is 0 Å². The lowest BCUT2D eigenvalue weighted by Gasteiger charge is -2.06. The molecule has 1 unspecified atom stereocenters. The summed E-state index contributed by atoms with van der Waals surface area (Å²) in [4.78, 5) is 0. The molecule has 0 amide bonds. The third kappa shape index (κ3) is 2.59. The molecule has 3 nitrogen and oxygen atoms in total. The molecule has 92 valence electrons. The lowest BCUT2D eigenvalue weighted by molar-refractivity contribution is 0.501. The topological polar surface area (TPSA) is 41.6 Å². The van der Waals surface area contributed by atoms with E-state index in [0.717, 1.165) is 15.7 Å². The van der Waals surface area contributed by atoms with Gasteiger partial charge in [0.05, 0.1) is 23.0 Å². The Balaban J connectivity index is 2.35. The summed E-state index contributed by atoms with van der Waals surface area (Å²) in [6.07, 6.45) is 2.23. The van der Waals surface area contributed by atoms with Gasteiger partial charge in [-0.3, -0.25) is 4.68 Å². The van der Waals surface area contributed by atoms with Gasteiger partial charge in [-0.25, -0.2) is 4.39 Å². The van der Waals surface area contributed by atoms with Crippen molar-refractivity contribution in [3.8, 4) is 17.3 Å². The second-order valence-corrected chi connectivity index (χ2v) is 4.88. The minimum absolute atomic E-state index is 0.0144. The number of rotatable bonds is 3. The van der Waals surface area contributed by atoms with Gasteiger partial charge in [0, 0.05) is 11.8 Å². The zero-order valence-electron chi connectivity index (χ0n) is 9.77. The van der Waals surface area contributed by atoms with Crippen molar-refractivity contribution in [2.75, 3.05) is 0 Å². The maximum Gasteiger partial charge on any atom is 0.123 e. The minimum atomic E-state index is -0.271. The number of nitrogens with zero attached hydrogens (tertiary/aromatic N) is 3. The number of hydrogen-bond acceptors (Lipinski definition) is 2. The highest BCUT2D eigenvalue weighted by Crippen LogP contribution is 2.28. The van der Waals surface area contributed by atoms with E-state index >= 15 is 0 Å². The lowest BCUT2D eigenvalue weighted by atomic mass is 10.1. The standard InChI is InChI=1S/C13H11BrFN3/c1-9(6-7-16)18-8-12(14)13(17-18)10-2-4-11(15)5-3-10/h2-5,8-9H,6H2,1H3. The largest absolute Gasteiger partial charge is 0.267 e. The summed E-state index contributed by atoms with van der Waals surface area (Å²) >= 11 is 3.43. The van der Waals surface area contributed by atoms with Crippen LogP contribution in [0.15, 0.2) is 34.9 Å². The van der Waals surface area contributed by atoms with Crippen LogP contribution in [0.3, 0.4) is 0 Å². The van der Waals surface area contributed by atoms with Crippen molar-refractivity contribution in [1.29, 1.82) is 5.26 Å². The summed E-state index contributed by atoms with van der Waals surface area (Å²) < 4.78 is 15.4. The molecule has 2 aromatic rings. The third-order valence-corrected chi connectivity index (χ3v) is 3.22. The number of halogens is 2. The summed E-state index contributed by atoms with van der Waals surface area (Å²) in [6, 6.07) is 8.30. The quantitative estimate of drug-likeness (QED) is 0.862. The van der Waals surface area contributed by atoms with Crippen LogP contribution >= 0.6 is 15.9 Å². The summed E-state index contributed by atoms with van der Waals surface area (Å²) in [6.45, 7) is 1.93. The van der Waals surface area contributed by atoms with E-state index < -0.39 is 0 Å². The number of aromatic nitrogens is 2. The highest BCUT2D eigenvalue weighted by atomic mass is 79.9. The fraction of sp³-hybridized carbons (Fsp3) is 0.231. The molecule has 18 heavy (non-hydrogen) atoms. The van der Waals surface area contributed by atoms with Gasteiger partial charge in [0.1, 0.15) is 11.5 Å². The smallest absolute Gasteiger partial charge is 0.123 e. The number of nitriles is 1. The summed E-state index contributed by atoms with van der Waals surface area (Å²) in [5.41, 5.74) is 1.59. The third-order valence-electron chi connectivity index (χ3n) is 2.64. The molecule has 0 aliphatic rings. The minimum Gasteiger partial charge on any atom is -0.267 e. The summed E-state index contributed by atoms with van der Waals surface area (Å²) in [5, 5.41) is 13.1. The molecule has 1 atom stereocenters. The van der Waals surface area contributed by atoms with Gasteiger partial charge in [-0.05, 0) is 47.1 Å². The molecule has 1 heterocycles. The first-order chi connectivity index (χ1) is 8.61. The van der Waals surface area contributed by atoms with Crippen LogP contribution in [0.4, 0.5) is 4.39 Å². The summed E-state index contributed by atoms with van der Waals surface area (Å²) in [7, 11) is 0. The highest BCUT2D eigenvalue weighted by Gasteiger charge is 2.12. The van der Waals surface area contributed by atoms with E-state index in [9.17, 15) is 4.39 Å². The van der Waals surface area contributed by atoms with Crippen LogP contribution in [0, 0.1) is 17.1 Å². The number of benzene rings is 1. The van der Waals surface area contributed by atoms with Crippen LogP contribution in [0.1, 0.15) is 19.4 Å². The van der Waals surface area contributed by atoms with E-state index in [4.69, 9.17) is 5.26 Å². The van der Waals surface area contributed by atoms with Gasteiger partial charge >= 0.3 is 0 Å². The maximum atomic E-state index is 12.9. The van der Waals surface area contributed by atoms with Crippen LogP contribution in [0.2, 0.25) is 0 Å². The molecule has 1 aromatic heterocycles. The first kappa shape index (κ1) is 12.8. The molecule has 0 aliphatic carbocycles. The van der Waals surface area contributed by atoms with E-state index in [1.165, 1.54) is 12.1 Å². The second kappa shape index (κ2) is 5.32. The Labute approximate surface area is 113 Å². The van der Waals surface area contributed by atoms with E-state index in [1.54, 1.807) is 16.8 Å². The van der Waals surface area contributed by atoms with Crippen molar-refractivity contribution < 1.29 is 4.39 Å². The van der Waals surface area contributed by atoms with Crippen molar-refractivity contribution in [2.24, 2.45) is 0 Å². The molecule has 1 aromatic carbocycles. The second-order valence-electron chi connectivity index (χ2n) is 4.02. The van der Waals surface area contributed by atoms with Crippen LogP contribution in [0.25, 0.3) is 11.3 Å². The van der Waals surface area contributed by atoms with Gasteiger partial charge in [-0.1, -0.05) is 0 Å². The van der Waals surface area contributed by atoms with Crippen molar-refractivity contribution in [3.05, 3.63) is 40.8 Å². The van der Waals surface area contributed by atoms with Crippen molar-refractivity contribution in [1.82, 2.24) is 9.78 Å². The molecule has 0 aliphatic heterocycles. The Morgan fingerprint density at radius 3 is 2.72 bits per heavy atom. The van der Waals surface area contributed by atoms with Crippen LogP contribution < -0.4 is 0 Å². The summed E-state index contributed by atoms with van der Waals surface area (Å²) in [5.74, 6) is -0.271. The molecule has 5 heteroatoms. The normalized spacial score (nSPS) is 12.1. The molecule has 0 N–H and O–H groups in total. The first-order valence-corrected chi connectivity index (χ1v) is 6.28. The Hall–Kier alpha value is -1.67. The molecule has 0 saturated carbocycles. The average Bonchev–Trinajstić information content (AvgIpc) is 2.73. The van der Waals surface area contributed by atoms with Gasteiger partial charge < -0.3 is 0 Å². The van der Waals surface area contributed by atoms with Gasteiger partial charge in [-0.2, -0.15) is 10.4 Å². The first-order valence-electron chi connectivity index (χ1n) is 5.49. The van der Waals surface area contributed by atoms with Crippen molar-refractivity contribution >= 4 is 15.9 Å². The Morgan fingerprint density at radius 1 is 1.44 bits per heavy atom. The van der Waals surface area contributed by atoms with E-state index in [0.29, 0.717) is 6.42 Å². The lowest BCUT2D eigenvalue weighted by Crippen LogP contribution is -2.04. The van der Waals surface area contributed by atoms with Gasteiger partial charge in [0.2, 0.25) is 0 Å². The zero-order valence-corrected chi connectivity index (χ0v) is 11.4. The Kier molecular flexibility index (Phi) is 3.78. The number of hydrogen-bond donors (Lipinski definition) is 0. The molecule has 0 spiro atoms. The monoisotopic (exact) mass is 307 g/mol. The van der Waals surface area contributed by atoms with Gasteiger partial charge in [0.15, 0.2) is 0 Å². The predicted molar refractivity (Wildman–Crippen MR) is 70.3 cm³/mol. The fourth-order valence-electron chi connectivity index (χ4n) is 1.62. The maximum absolute atomic E-state index is 12.9. The highest BCUT2D eigenvalue weighted by molar-refractivity contribution is 9.10. The Bertz CT molecular complexity index is 583. The van der Waals surface area contributed by atoms with E-state index in [2.05, 4.69) is 27.1 Å². The SMILES string of the molecule is CC(CC#N)n1cc(Br)c(-c2ccc(F)cc2)n1. The molecule has 0 saturated heterocycles. The predicted octanol–water partition coefficient (Wildman–Crippen LogP) is 3.93. The molecule has 0 fully saturated rings. The molecule has 0 radical (unpaired) electrons. The molecular formula is C13H11BrFN3. The van der Waals surface area contributed by atoms with Crippen LogP contribution in [-0.4, -0.2) is 9.78 Å². The van der Waals surface area contributed by atoms with E-state index in [-0.39, 0.29) is 11.9 Å². The van der Waals surface area contributed by atoms with Crippen molar-refractivity contribution in [3.63, 3.8) is 0 Å². The fourth-order valence-corrected chi connectivity index (χ4v) is 2.14. The molecule has 0 bridgehead atoms. The zero-order chi connectivity index (χ0) is 13.1. The van der Waals surface area contributed by atoms with Crippen LogP contribution in [0.5, 0.6) is 0 Å². The van der Waals surface area contributed by atoms with Gasteiger partial charge in [-0.15, -0.1) is 0 Å². The average molecular weight is 308 g/mol. The molecule has 2 rings (SSSR count). The van der Waals surface area contributed by atoms with Crippen LogP contribution in [-0.2, 0) is 0 Å². The Morgan fingerprint density at radius 2 is 2.11 bits per heavy atom.